The first-order valence-corrected chi connectivity index (χ1v) is 8.58. The van der Waals surface area contributed by atoms with Crippen LogP contribution in [0.5, 0.6) is 0 Å². The Kier molecular flexibility index (Phi) is 6.42. The Balaban J connectivity index is 1.88. The summed E-state index contributed by atoms with van der Waals surface area (Å²) in [7, 11) is 0. The van der Waals surface area contributed by atoms with Gasteiger partial charge in [0, 0.05) is 30.7 Å². The van der Waals surface area contributed by atoms with Gasteiger partial charge in [-0.2, -0.15) is 11.8 Å². The molecule has 1 heterocycles. The highest BCUT2D eigenvalue weighted by atomic mass is 32.2. The van der Waals surface area contributed by atoms with Gasteiger partial charge in [0.2, 0.25) is 0 Å². The fraction of sp³-hybridized carbons (Fsp3) is 1.00. The summed E-state index contributed by atoms with van der Waals surface area (Å²) >= 11 is 1.96. The number of thioether (sulfide) groups is 1. The second kappa shape index (κ2) is 7.84. The predicted octanol–water partition coefficient (Wildman–Crippen LogP) is 1.77. The minimum absolute atomic E-state index is 0.283. The molecule has 2 aliphatic rings. The van der Waals surface area contributed by atoms with Crippen molar-refractivity contribution in [1.82, 2.24) is 5.32 Å². The van der Waals surface area contributed by atoms with Crippen LogP contribution in [0.2, 0.25) is 0 Å². The number of nitrogens with one attached hydrogen (secondary N) is 1. The van der Waals surface area contributed by atoms with Gasteiger partial charge in [0.25, 0.3) is 0 Å². The van der Waals surface area contributed by atoms with Gasteiger partial charge in [-0.25, -0.2) is 0 Å². The summed E-state index contributed by atoms with van der Waals surface area (Å²) in [4.78, 5) is 0. The van der Waals surface area contributed by atoms with E-state index in [2.05, 4.69) is 12.2 Å². The van der Waals surface area contributed by atoms with E-state index in [-0.39, 0.29) is 12.4 Å². The van der Waals surface area contributed by atoms with Gasteiger partial charge in [-0.05, 0) is 31.6 Å². The van der Waals surface area contributed by atoms with E-state index < -0.39 is 0 Å². The van der Waals surface area contributed by atoms with Crippen molar-refractivity contribution >= 4 is 11.8 Å². The Bertz CT molecular complexity index is 259. The largest absolute Gasteiger partial charge is 0.396 e. The summed E-state index contributed by atoms with van der Waals surface area (Å²) in [6.07, 6.45) is 5.14. The number of aliphatic hydroxyl groups is 1. The van der Waals surface area contributed by atoms with Crippen LogP contribution < -0.4 is 5.32 Å². The molecule has 1 saturated heterocycles. The molecule has 4 nitrogen and oxygen atoms in total. The second-order valence-electron chi connectivity index (χ2n) is 5.40. The smallest absolute Gasteiger partial charge is 0.169 e. The molecule has 1 aliphatic heterocycles. The first kappa shape index (κ1) is 15.6. The van der Waals surface area contributed by atoms with Crippen LogP contribution in [0.25, 0.3) is 0 Å². The molecule has 0 amide bonds. The fourth-order valence-corrected chi connectivity index (χ4v) is 4.34. The topological polar surface area (TPSA) is 50.7 Å². The maximum absolute atomic E-state index is 8.93. The molecule has 0 radical (unpaired) electrons. The summed E-state index contributed by atoms with van der Waals surface area (Å²) in [5, 5.41) is 13.1. The van der Waals surface area contributed by atoms with Crippen LogP contribution in [0.3, 0.4) is 0 Å². The van der Waals surface area contributed by atoms with Gasteiger partial charge >= 0.3 is 0 Å². The number of rotatable bonds is 7. The summed E-state index contributed by atoms with van der Waals surface area (Å²) in [5.74, 6) is 0.711. The van der Waals surface area contributed by atoms with Crippen molar-refractivity contribution in [3.05, 3.63) is 0 Å². The van der Waals surface area contributed by atoms with E-state index in [1.807, 2.05) is 11.8 Å². The molecule has 0 aromatic carbocycles. The van der Waals surface area contributed by atoms with Gasteiger partial charge in [0.1, 0.15) is 0 Å². The van der Waals surface area contributed by atoms with Crippen molar-refractivity contribution in [2.24, 2.45) is 0 Å². The van der Waals surface area contributed by atoms with E-state index >= 15 is 0 Å². The lowest BCUT2D eigenvalue weighted by Crippen LogP contribution is -2.50. The van der Waals surface area contributed by atoms with Gasteiger partial charge in [-0.15, -0.1) is 0 Å². The molecule has 112 valence electrons. The van der Waals surface area contributed by atoms with E-state index in [1.54, 1.807) is 0 Å². The monoisotopic (exact) mass is 289 g/mol. The molecule has 2 atom stereocenters. The molecular formula is C14H27NO3S. The third kappa shape index (κ3) is 4.33. The van der Waals surface area contributed by atoms with E-state index in [4.69, 9.17) is 14.6 Å². The Morgan fingerprint density at radius 2 is 2.16 bits per heavy atom. The lowest BCUT2D eigenvalue weighted by atomic mass is 9.89. The van der Waals surface area contributed by atoms with E-state index in [1.165, 1.54) is 6.42 Å². The minimum atomic E-state index is -0.304. The second-order valence-corrected chi connectivity index (χ2v) is 6.74. The minimum Gasteiger partial charge on any atom is -0.396 e. The summed E-state index contributed by atoms with van der Waals surface area (Å²) < 4.78 is 11.7. The molecule has 0 aromatic rings. The zero-order valence-corrected chi connectivity index (χ0v) is 12.7. The van der Waals surface area contributed by atoms with Gasteiger partial charge < -0.3 is 19.9 Å². The summed E-state index contributed by atoms with van der Waals surface area (Å²) in [6.45, 7) is 5.04. The number of aliphatic hydroxyl groups excluding tert-OH is 1. The molecule has 19 heavy (non-hydrogen) atoms. The molecule has 1 spiro atoms. The molecule has 2 fully saturated rings. The SMILES string of the molecule is CCCNC1CCC2(CC1SCCCO)OCCO2. The third-order valence-electron chi connectivity index (χ3n) is 3.90. The average Bonchev–Trinajstić information content (AvgIpc) is 2.87. The Hall–Kier alpha value is 0.190. The first-order chi connectivity index (χ1) is 9.29. The molecule has 2 N–H and O–H groups in total. The van der Waals surface area contributed by atoms with Crippen LogP contribution in [0.4, 0.5) is 0 Å². The summed E-state index contributed by atoms with van der Waals surface area (Å²) in [5.41, 5.74) is 0. The highest BCUT2D eigenvalue weighted by molar-refractivity contribution is 7.99. The molecular weight excluding hydrogens is 262 g/mol. The number of hydrogen-bond donors (Lipinski definition) is 2. The predicted molar refractivity (Wildman–Crippen MR) is 78.5 cm³/mol. The molecule has 0 aromatic heterocycles. The molecule has 0 bridgehead atoms. The van der Waals surface area contributed by atoms with Crippen LogP contribution >= 0.6 is 11.8 Å². The highest BCUT2D eigenvalue weighted by Gasteiger charge is 2.44. The van der Waals surface area contributed by atoms with Crippen LogP contribution in [0, 0.1) is 0 Å². The van der Waals surface area contributed by atoms with Crippen molar-refractivity contribution in [1.29, 1.82) is 0 Å². The van der Waals surface area contributed by atoms with E-state index in [0.29, 0.717) is 11.3 Å². The van der Waals surface area contributed by atoms with Crippen molar-refractivity contribution in [3.8, 4) is 0 Å². The molecule has 1 saturated carbocycles. The van der Waals surface area contributed by atoms with Crippen LogP contribution in [0.15, 0.2) is 0 Å². The third-order valence-corrected chi connectivity index (χ3v) is 5.35. The van der Waals surface area contributed by atoms with Gasteiger partial charge in [-0.3, -0.25) is 0 Å². The normalized spacial score (nSPS) is 30.0. The zero-order chi connectivity index (χ0) is 13.6. The Morgan fingerprint density at radius 1 is 1.37 bits per heavy atom. The first-order valence-electron chi connectivity index (χ1n) is 7.53. The van der Waals surface area contributed by atoms with Crippen LogP contribution in [-0.4, -0.2) is 54.3 Å². The van der Waals surface area contributed by atoms with Gasteiger partial charge in [-0.1, -0.05) is 6.92 Å². The lowest BCUT2D eigenvalue weighted by Gasteiger charge is -2.41. The molecule has 1 aliphatic carbocycles. The lowest BCUT2D eigenvalue weighted by molar-refractivity contribution is -0.178. The van der Waals surface area contributed by atoms with Crippen LogP contribution in [-0.2, 0) is 9.47 Å². The fourth-order valence-electron chi connectivity index (χ4n) is 2.91. The number of hydrogen-bond acceptors (Lipinski definition) is 5. The quantitative estimate of drug-likeness (QED) is 0.700. The molecule has 5 heteroatoms. The highest BCUT2D eigenvalue weighted by Crippen LogP contribution is 2.40. The van der Waals surface area contributed by atoms with E-state index in [0.717, 1.165) is 51.2 Å². The van der Waals surface area contributed by atoms with Gasteiger partial charge in [0.05, 0.1) is 13.2 Å². The van der Waals surface area contributed by atoms with Crippen LogP contribution in [0.1, 0.15) is 39.0 Å². The van der Waals surface area contributed by atoms with Gasteiger partial charge in [0.15, 0.2) is 5.79 Å². The Morgan fingerprint density at radius 3 is 2.84 bits per heavy atom. The Labute approximate surface area is 120 Å². The summed E-state index contributed by atoms with van der Waals surface area (Å²) in [6, 6.07) is 0.557. The number of ether oxygens (including phenoxy) is 2. The van der Waals surface area contributed by atoms with Crippen molar-refractivity contribution in [2.45, 2.75) is 56.1 Å². The standard InChI is InChI=1S/C14H27NO3S/c1-2-6-15-12-4-5-14(17-8-9-18-14)11-13(12)19-10-3-7-16/h12-13,15-16H,2-11H2,1H3. The molecule has 2 unspecified atom stereocenters. The van der Waals surface area contributed by atoms with Crippen molar-refractivity contribution < 1.29 is 14.6 Å². The molecule has 2 rings (SSSR count). The van der Waals surface area contributed by atoms with E-state index in [9.17, 15) is 0 Å². The maximum atomic E-state index is 8.93. The zero-order valence-electron chi connectivity index (χ0n) is 11.9. The maximum Gasteiger partial charge on any atom is 0.169 e. The van der Waals surface area contributed by atoms with Crippen molar-refractivity contribution in [2.75, 3.05) is 32.1 Å². The average molecular weight is 289 g/mol. The van der Waals surface area contributed by atoms with Crippen molar-refractivity contribution in [3.63, 3.8) is 0 Å².